The number of aromatic nitrogens is 4. The zero-order chi connectivity index (χ0) is 9.19. The molecule has 0 aliphatic rings. The second kappa shape index (κ2) is 2.94. The quantitative estimate of drug-likeness (QED) is 0.594. The van der Waals surface area contributed by atoms with Gasteiger partial charge in [0.2, 0.25) is 0 Å². The van der Waals surface area contributed by atoms with E-state index in [1.807, 2.05) is 5.10 Å². The van der Waals surface area contributed by atoms with Crippen LogP contribution in [0.4, 0.5) is 0 Å². The van der Waals surface area contributed by atoms with Crippen LogP contribution in [0.1, 0.15) is 0 Å². The van der Waals surface area contributed by atoms with Gasteiger partial charge in [0.25, 0.3) is 5.16 Å². The summed E-state index contributed by atoms with van der Waals surface area (Å²) < 4.78 is 43.7. The van der Waals surface area contributed by atoms with Crippen molar-refractivity contribution in [3.8, 4) is 0 Å². The fraction of sp³-hybridized carbons (Fsp3) is 0. The predicted octanol–water partition coefficient (Wildman–Crippen LogP) is -2.05. The molecule has 11 heteroatoms. The van der Waals surface area contributed by atoms with Crippen LogP contribution in [-0.2, 0) is 20.5 Å². The highest BCUT2D eigenvalue weighted by Crippen LogP contribution is 2.01. The third-order valence-corrected chi connectivity index (χ3v) is 2.66. The molecule has 0 amide bonds. The zero-order valence-electron chi connectivity index (χ0n) is 5.24. The summed E-state index contributed by atoms with van der Waals surface area (Å²) in [6.45, 7) is 0. The van der Waals surface area contributed by atoms with Gasteiger partial charge in [-0.3, -0.25) is 0 Å². The fourth-order valence-electron chi connectivity index (χ4n) is 0.375. The molecule has 66 valence electrons. The number of hydrogen-bond donors (Lipinski definition) is 1. The lowest BCUT2D eigenvalue weighted by Crippen LogP contribution is -1.98. The lowest BCUT2D eigenvalue weighted by molar-refractivity contribution is 0.588. The van der Waals surface area contributed by atoms with E-state index in [1.165, 1.54) is 0 Å². The first-order valence-corrected chi connectivity index (χ1v) is 4.81. The molecule has 0 fully saturated rings. The molecular weight excluding hydrogens is 210 g/mol. The summed E-state index contributed by atoms with van der Waals surface area (Å²) in [4.78, 5) is 0. The molecule has 1 aromatic rings. The van der Waals surface area contributed by atoms with Crippen LogP contribution in [0.5, 0.6) is 0 Å². The minimum Gasteiger partial charge on any atom is -0.228 e. The number of rotatable bonds is 2. The first kappa shape index (κ1) is 8.73. The molecule has 0 unspecified atom stereocenters. The molecule has 9 nitrogen and oxygen atoms in total. The number of nitrogens with zero attached hydrogens (tertiary/aromatic N) is 4. The molecular formula is CHN5O4S2. The second-order valence-electron chi connectivity index (χ2n) is 1.47. The van der Waals surface area contributed by atoms with E-state index in [0.717, 1.165) is 0 Å². The van der Waals surface area contributed by atoms with E-state index < -0.39 is 25.7 Å². The Kier molecular flexibility index (Phi) is 2.14. The van der Waals surface area contributed by atoms with E-state index in [9.17, 15) is 16.8 Å². The second-order valence-corrected chi connectivity index (χ2v) is 3.84. The topological polar surface area (TPSA) is 135 Å². The Morgan fingerprint density at radius 1 is 1.42 bits per heavy atom. The third-order valence-electron chi connectivity index (χ3n) is 0.729. The molecule has 0 aromatic carbocycles. The van der Waals surface area contributed by atoms with Crippen LogP contribution >= 0.6 is 0 Å². The maximum atomic E-state index is 10.8. The summed E-state index contributed by atoms with van der Waals surface area (Å²) in [7, 11) is -7.34. The Labute approximate surface area is 67.6 Å². The van der Waals surface area contributed by atoms with Crippen LogP contribution in [0.3, 0.4) is 0 Å². The number of H-pyrrole nitrogens is 1. The molecule has 0 saturated carbocycles. The van der Waals surface area contributed by atoms with E-state index in [0.29, 0.717) is 0 Å². The van der Waals surface area contributed by atoms with Crippen molar-refractivity contribution in [1.29, 1.82) is 0 Å². The van der Waals surface area contributed by atoms with Gasteiger partial charge in [-0.25, -0.2) is 5.10 Å². The number of aromatic amines is 1. The van der Waals surface area contributed by atoms with Crippen LogP contribution in [0, 0.1) is 0 Å². The molecule has 0 radical (unpaired) electrons. The van der Waals surface area contributed by atoms with Crippen LogP contribution < -0.4 is 0 Å². The van der Waals surface area contributed by atoms with Gasteiger partial charge in [0, 0.05) is 0 Å². The molecule has 1 rings (SSSR count). The Bertz CT molecular complexity index is 472. The highest BCUT2D eigenvalue weighted by molar-refractivity contribution is 7.94. The monoisotopic (exact) mass is 211 g/mol. The zero-order valence-corrected chi connectivity index (χ0v) is 6.87. The first-order valence-electron chi connectivity index (χ1n) is 2.33. The van der Waals surface area contributed by atoms with Crippen molar-refractivity contribution >= 4 is 20.5 Å². The maximum absolute atomic E-state index is 10.8. The summed E-state index contributed by atoms with van der Waals surface area (Å²) in [5.41, 5.74) is 0. The largest absolute Gasteiger partial charge is 0.333 e. The number of tetrazole rings is 1. The Balaban J connectivity index is 3.31. The van der Waals surface area contributed by atoms with E-state index in [2.05, 4.69) is 19.3 Å². The predicted molar refractivity (Wildman–Crippen MR) is 32.7 cm³/mol. The minimum atomic E-state index is -4.30. The highest BCUT2D eigenvalue weighted by Gasteiger charge is 2.17. The van der Waals surface area contributed by atoms with E-state index >= 15 is 0 Å². The van der Waals surface area contributed by atoms with Gasteiger partial charge in [-0.05, 0) is 14.2 Å². The SMILES string of the molecule is O=S(=O)=NS(=O)(=O)c1nnn[nH]1. The van der Waals surface area contributed by atoms with Crippen LogP contribution in [-0.4, -0.2) is 37.5 Å². The number of sulfonamides is 1. The van der Waals surface area contributed by atoms with Gasteiger partial charge in [0.15, 0.2) is 0 Å². The number of hydrogen-bond acceptors (Lipinski definition) is 7. The average molecular weight is 211 g/mol. The van der Waals surface area contributed by atoms with Gasteiger partial charge in [-0.1, -0.05) is 5.10 Å². The smallest absolute Gasteiger partial charge is 0.228 e. The third kappa shape index (κ3) is 1.82. The summed E-state index contributed by atoms with van der Waals surface area (Å²) in [6, 6.07) is 0. The van der Waals surface area contributed by atoms with Crippen LogP contribution in [0.2, 0.25) is 0 Å². The van der Waals surface area contributed by atoms with Crippen molar-refractivity contribution in [3.63, 3.8) is 0 Å². The van der Waals surface area contributed by atoms with Crippen LogP contribution in [0.25, 0.3) is 0 Å². The van der Waals surface area contributed by atoms with E-state index in [1.54, 1.807) is 0 Å². The maximum Gasteiger partial charge on any atom is 0.333 e. The molecule has 1 heterocycles. The van der Waals surface area contributed by atoms with E-state index in [-0.39, 0.29) is 0 Å². The summed E-state index contributed by atoms with van der Waals surface area (Å²) in [6.07, 6.45) is 0. The van der Waals surface area contributed by atoms with Gasteiger partial charge in [0.05, 0.1) is 0 Å². The van der Waals surface area contributed by atoms with Crippen molar-refractivity contribution in [2.45, 2.75) is 5.16 Å². The molecule has 0 bridgehead atoms. The standard InChI is InChI=1S/CHN5O4S2/c7-11(8)6-12(9,10)1-2-4-5-3-1/h(H,2,3,4,5). The van der Waals surface area contributed by atoms with Crippen molar-refractivity contribution in [3.05, 3.63) is 0 Å². The molecule has 1 N–H and O–H groups in total. The van der Waals surface area contributed by atoms with Crippen LogP contribution in [0.15, 0.2) is 8.92 Å². The minimum absolute atomic E-state index is 0.716. The van der Waals surface area contributed by atoms with E-state index in [4.69, 9.17) is 0 Å². The summed E-state index contributed by atoms with van der Waals surface area (Å²) >= 11 is 0. The van der Waals surface area contributed by atoms with Gasteiger partial charge < -0.3 is 0 Å². The molecule has 0 saturated heterocycles. The van der Waals surface area contributed by atoms with Crippen molar-refractivity contribution in [1.82, 2.24) is 20.6 Å². The van der Waals surface area contributed by atoms with Crippen molar-refractivity contribution in [2.24, 2.45) is 3.77 Å². The first-order chi connectivity index (χ1) is 5.52. The lowest BCUT2D eigenvalue weighted by Gasteiger charge is -1.82. The molecule has 12 heavy (non-hydrogen) atoms. The Hall–Kier alpha value is -1.36. The molecule has 1 aromatic heterocycles. The van der Waals surface area contributed by atoms with Gasteiger partial charge in [-0.2, -0.15) is 16.8 Å². The van der Waals surface area contributed by atoms with Crippen molar-refractivity contribution in [2.75, 3.05) is 0 Å². The summed E-state index contributed by atoms with van der Waals surface area (Å²) in [5.74, 6) is 0. The average Bonchev–Trinajstić information content (AvgIpc) is 2.32. The highest BCUT2D eigenvalue weighted by atomic mass is 32.3. The Morgan fingerprint density at radius 2 is 2.08 bits per heavy atom. The van der Waals surface area contributed by atoms with Gasteiger partial charge in [-0.15, -0.1) is 0 Å². The lowest BCUT2D eigenvalue weighted by atomic mass is 11.4. The molecule has 0 aliphatic heterocycles. The van der Waals surface area contributed by atoms with Crippen molar-refractivity contribution < 1.29 is 16.8 Å². The van der Waals surface area contributed by atoms with Gasteiger partial charge >= 0.3 is 20.5 Å². The molecule has 0 aliphatic carbocycles. The summed E-state index contributed by atoms with van der Waals surface area (Å²) in [5, 5.41) is 9.98. The normalized spacial score (nSPS) is 11.0. The molecule has 0 atom stereocenters. The fourth-order valence-corrected chi connectivity index (χ4v) is 1.59. The molecule has 0 spiro atoms. The number of nitrogens with one attached hydrogen (secondary N) is 1. The Morgan fingerprint density at radius 3 is 2.50 bits per heavy atom. The van der Waals surface area contributed by atoms with Gasteiger partial charge in [0.1, 0.15) is 0 Å².